The van der Waals surface area contributed by atoms with Crippen LogP contribution in [-0.2, 0) is 36.8 Å². The lowest BCUT2D eigenvalue weighted by molar-refractivity contribution is -0.235. The fraction of sp³-hybridized carbons (Fsp3) is 0.556. The molecule has 1 aromatic heterocycles. The van der Waals surface area contributed by atoms with Crippen LogP contribution in [0.15, 0.2) is 42.6 Å². The Balaban J connectivity index is 1.62. The minimum absolute atomic E-state index is 0.0108. The average molecular weight is 485 g/mol. The van der Waals surface area contributed by atoms with Gasteiger partial charge >= 0.3 is 0 Å². The van der Waals surface area contributed by atoms with E-state index in [1.165, 1.54) is 19.3 Å². The third-order valence-corrected chi connectivity index (χ3v) is 6.77. The third kappa shape index (κ3) is 5.67. The van der Waals surface area contributed by atoms with Crippen LogP contribution in [0.4, 0.5) is 0 Å². The number of β-lactam (4-membered cyclic amide) rings is 1. The van der Waals surface area contributed by atoms with Crippen LogP contribution in [0.2, 0.25) is 0 Å². The van der Waals surface area contributed by atoms with E-state index >= 15 is 0 Å². The smallest absolute Gasteiger partial charge is 0.260 e. The molecule has 1 aliphatic carbocycles. The van der Waals surface area contributed by atoms with E-state index in [-0.39, 0.29) is 31.6 Å². The van der Waals surface area contributed by atoms with E-state index < -0.39 is 5.60 Å². The zero-order valence-corrected chi connectivity index (χ0v) is 20.9. The van der Waals surface area contributed by atoms with Crippen molar-refractivity contribution in [1.82, 2.24) is 9.88 Å². The number of hydrogen-bond acceptors (Lipinski definition) is 7. The van der Waals surface area contributed by atoms with E-state index in [1.807, 2.05) is 36.4 Å². The van der Waals surface area contributed by atoms with Gasteiger partial charge in [-0.25, -0.2) is 0 Å². The van der Waals surface area contributed by atoms with Crippen molar-refractivity contribution >= 4 is 5.91 Å². The molecule has 2 aliphatic rings. The summed E-state index contributed by atoms with van der Waals surface area (Å²) in [6.45, 7) is 0.678. The van der Waals surface area contributed by atoms with Crippen molar-refractivity contribution in [2.24, 2.45) is 0 Å². The van der Waals surface area contributed by atoms with Crippen molar-refractivity contribution in [2.45, 2.75) is 62.9 Å². The number of methoxy groups -OCH3 is 3. The molecule has 1 saturated carbocycles. The SMILES string of the molecule is COCO[C@@]1(Cc2cc(OC3CCCCC3)ccn2)C(=O)N(COC)[C@H]1c1ccc(COC)cc1. The highest BCUT2D eigenvalue weighted by Crippen LogP contribution is 2.48. The van der Waals surface area contributed by atoms with Gasteiger partial charge in [-0.05, 0) is 42.9 Å². The number of benzene rings is 1. The Morgan fingerprint density at radius 3 is 2.46 bits per heavy atom. The predicted octanol–water partition coefficient (Wildman–Crippen LogP) is 4.03. The molecular formula is C27H36N2O6. The highest BCUT2D eigenvalue weighted by molar-refractivity contribution is 5.93. The van der Waals surface area contributed by atoms with Crippen molar-refractivity contribution in [3.63, 3.8) is 0 Å². The fourth-order valence-electron chi connectivity index (χ4n) is 5.15. The summed E-state index contributed by atoms with van der Waals surface area (Å²) in [5.41, 5.74) is 1.58. The first kappa shape index (κ1) is 25.6. The second kappa shape index (κ2) is 11.9. The number of amides is 1. The Morgan fingerprint density at radius 1 is 1.00 bits per heavy atom. The molecule has 1 saturated heterocycles. The Kier molecular flexibility index (Phi) is 8.73. The molecular weight excluding hydrogens is 448 g/mol. The van der Waals surface area contributed by atoms with Gasteiger partial charge in [-0.3, -0.25) is 9.78 Å². The molecule has 190 valence electrons. The normalized spacial score (nSPS) is 22.8. The summed E-state index contributed by atoms with van der Waals surface area (Å²) in [5.74, 6) is 0.632. The van der Waals surface area contributed by atoms with Crippen molar-refractivity contribution in [3.8, 4) is 5.75 Å². The molecule has 1 amide bonds. The number of carbonyl (C=O) groups excluding carboxylic acids is 1. The van der Waals surface area contributed by atoms with Crippen LogP contribution in [0.1, 0.15) is 55.0 Å². The first-order valence-corrected chi connectivity index (χ1v) is 12.2. The number of ether oxygens (including phenoxy) is 5. The highest BCUT2D eigenvalue weighted by Gasteiger charge is 2.62. The number of pyridine rings is 1. The molecule has 0 spiro atoms. The van der Waals surface area contributed by atoms with Crippen LogP contribution in [0.25, 0.3) is 0 Å². The van der Waals surface area contributed by atoms with Crippen molar-refractivity contribution < 1.29 is 28.5 Å². The molecule has 8 heteroatoms. The zero-order valence-electron chi connectivity index (χ0n) is 20.9. The van der Waals surface area contributed by atoms with E-state index in [0.717, 1.165) is 35.4 Å². The van der Waals surface area contributed by atoms with E-state index in [0.29, 0.717) is 13.0 Å². The Morgan fingerprint density at radius 2 is 1.77 bits per heavy atom. The number of nitrogens with zero attached hydrogens (tertiary/aromatic N) is 2. The third-order valence-electron chi connectivity index (χ3n) is 6.77. The Labute approximate surface area is 207 Å². The van der Waals surface area contributed by atoms with E-state index in [2.05, 4.69) is 4.98 Å². The number of carbonyl (C=O) groups is 1. The zero-order chi connectivity index (χ0) is 24.7. The van der Waals surface area contributed by atoms with Crippen LogP contribution < -0.4 is 4.74 Å². The van der Waals surface area contributed by atoms with Gasteiger partial charge in [0.1, 0.15) is 19.3 Å². The molecule has 1 aliphatic heterocycles. The summed E-state index contributed by atoms with van der Waals surface area (Å²) in [6, 6.07) is 11.5. The van der Waals surface area contributed by atoms with Crippen LogP contribution >= 0.6 is 0 Å². The van der Waals surface area contributed by atoms with Gasteiger partial charge in [-0.1, -0.05) is 30.7 Å². The monoisotopic (exact) mass is 484 g/mol. The molecule has 2 fully saturated rings. The van der Waals surface area contributed by atoms with E-state index in [1.54, 1.807) is 32.4 Å². The van der Waals surface area contributed by atoms with Gasteiger partial charge in [0.15, 0.2) is 5.60 Å². The average Bonchev–Trinajstić information content (AvgIpc) is 2.88. The largest absolute Gasteiger partial charge is 0.490 e. The molecule has 35 heavy (non-hydrogen) atoms. The van der Waals surface area contributed by atoms with Gasteiger partial charge in [0, 0.05) is 45.7 Å². The molecule has 0 bridgehead atoms. The maximum Gasteiger partial charge on any atom is 0.260 e. The number of rotatable bonds is 12. The molecule has 1 aromatic carbocycles. The van der Waals surface area contributed by atoms with Crippen LogP contribution in [0.3, 0.4) is 0 Å². The lowest BCUT2D eigenvalue weighted by atomic mass is 9.75. The molecule has 2 atom stereocenters. The standard InChI is InChI=1S/C27H36N2O6/c1-31-17-20-9-11-21(12-10-20)25-27(34-19-33-3,26(30)29(25)18-32-2)16-22-15-24(13-14-28-22)35-23-7-5-4-6-8-23/h9-15,23,25H,4-8,16-19H2,1-3H3/t25-,27+/m0/s1. The summed E-state index contributed by atoms with van der Waals surface area (Å²) < 4.78 is 28.2. The lowest BCUT2D eigenvalue weighted by Gasteiger charge is -2.55. The minimum atomic E-state index is -1.16. The molecule has 2 aromatic rings. The molecule has 0 radical (unpaired) electrons. The van der Waals surface area contributed by atoms with Gasteiger partial charge in [-0.2, -0.15) is 0 Å². The summed E-state index contributed by atoms with van der Waals surface area (Å²) in [4.78, 5) is 19.8. The minimum Gasteiger partial charge on any atom is -0.490 e. The van der Waals surface area contributed by atoms with E-state index in [4.69, 9.17) is 23.7 Å². The van der Waals surface area contributed by atoms with Crippen LogP contribution in [0.5, 0.6) is 5.75 Å². The molecule has 8 nitrogen and oxygen atoms in total. The van der Waals surface area contributed by atoms with Gasteiger partial charge in [0.2, 0.25) is 0 Å². The maximum absolute atomic E-state index is 13.5. The van der Waals surface area contributed by atoms with Gasteiger partial charge in [0.05, 0.1) is 18.8 Å². The van der Waals surface area contributed by atoms with Gasteiger partial charge in [-0.15, -0.1) is 0 Å². The van der Waals surface area contributed by atoms with Gasteiger partial charge in [0.25, 0.3) is 5.91 Å². The predicted molar refractivity (Wildman–Crippen MR) is 130 cm³/mol. The maximum atomic E-state index is 13.5. The van der Waals surface area contributed by atoms with Crippen molar-refractivity contribution in [2.75, 3.05) is 34.9 Å². The van der Waals surface area contributed by atoms with Crippen molar-refractivity contribution in [1.29, 1.82) is 0 Å². The summed E-state index contributed by atoms with van der Waals surface area (Å²) >= 11 is 0. The quantitative estimate of drug-likeness (QED) is 0.332. The Hall–Kier alpha value is -2.52. The second-order valence-corrected chi connectivity index (χ2v) is 9.25. The van der Waals surface area contributed by atoms with Crippen LogP contribution in [-0.4, -0.2) is 62.3 Å². The Bertz CT molecular complexity index is 962. The number of hydrogen-bond donors (Lipinski definition) is 0. The fourth-order valence-corrected chi connectivity index (χ4v) is 5.15. The molecule has 0 N–H and O–H groups in total. The second-order valence-electron chi connectivity index (χ2n) is 9.25. The van der Waals surface area contributed by atoms with Crippen LogP contribution in [0, 0.1) is 0 Å². The van der Waals surface area contributed by atoms with Crippen molar-refractivity contribution in [3.05, 3.63) is 59.4 Å². The molecule has 2 heterocycles. The molecule has 4 rings (SSSR count). The van der Waals surface area contributed by atoms with Gasteiger partial charge < -0.3 is 28.6 Å². The lowest BCUT2D eigenvalue weighted by Crippen LogP contribution is -2.71. The molecule has 0 unspecified atom stereocenters. The summed E-state index contributed by atoms with van der Waals surface area (Å²) in [7, 11) is 4.80. The van der Waals surface area contributed by atoms with E-state index in [9.17, 15) is 4.79 Å². The first-order chi connectivity index (χ1) is 17.1. The number of aromatic nitrogens is 1. The number of likely N-dealkylation sites (tertiary alicyclic amines) is 1. The first-order valence-electron chi connectivity index (χ1n) is 12.2. The topological polar surface area (TPSA) is 79.4 Å². The summed E-state index contributed by atoms with van der Waals surface area (Å²) in [5, 5.41) is 0. The highest BCUT2D eigenvalue weighted by atomic mass is 16.7. The summed E-state index contributed by atoms with van der Waals surface area (Å²) in [6.07, 6.45) is 8.09.